The minimum absolute atomic E-state index is 0.0273. The first-order chi connectivity index (χ1) is 8.79. The van der Waals surface area contributed by atoms with Crippen LogP contribution >= 0.6 is 0 Å². The number of hydrogen-bond acceptors (Lipinski definition) is 1. The molecule has 3 rings (SSSR count). The average molecular weight is 247 g/mol. The van der Waals surface area contributed by atoms with Crippen LogP contribution in [0.3, 0.4) is 0 Å². The van der Waals surface area contributed by atoms with Gasteiger partial charge < -0.3 is 5.32 Å². The topological polar surface area (TPSA) is 12.0 Å². The zero-order chi connectivity index (χ0) is 12.5. The Bertz CT molecular complexity index is 417. The van der Waals surface area contributed by atoms with Crippen molar-refractivity contribution in [1.82, 2.24) is 5.32 Å². The van der Waals surface area contributed by atoms with Crippen molar-refractivity contribution in [1.29, 1.82) is 0 Å². The summed E-state index contributed by atoms with van der Waals surface area (Å²) in [5.74, 6) is 2.78. The minimum Gasteiger partial charge on any atom is -0.319 e. The number of likely N-dealkylation sites (N-methyl/N-ethyl adjacent to an activating group) is 1. The van der Waals surface area contributed by atoms with Crippen molar-refractivity contribution in [2.24, 2.45) is 17.8 Å². The summed E-state index contributed by atoms with van der Waals surface area (Å²) in [5, 5.41) is 3.26. The van der Waals surface area contributed by atoms with Gasteiger partial charge in [-0.15, -0.1) is 0 Å². The SMILES string of the molecule is CNCC(c1ccccc1F)C1CC2CCC1C2. The predicted molar refractivity (Wildman–Crippen MR) is 72.0 cm³/mol. The van der Waals surface area contributed by atoms with E-state index >= 15 is 0 Å². The number of rotatable bonds is 4. The lowest BCUT2D eigenvalue weighted by Gasteiger charge is -2.31. The Morgan fingerprint density at radius 3 is 2.72 bits per heavy atom. The maximum absolute atomic E-state index is 14.0. The number of hydrogen-bond donors (Lipinski definition) is 1. The summed E-state index contributed by atoms with van der Waals surface area (Å²) in [6.45, 7) is 0.898. The Morgan fingerprint density at radius 1 is 1.28 bits per heavy atom. The quantitative estimate of drug-likeness (QED) is 0.857. The van der Waals surface area contributed by atoms with Crippen LogP contribution in [0.1, 0.15) is 37.2 Å². The van der Waals surface area contributed by atoms with Gasteiger partial charge in [0, 0.05) is 12.5 Å². The van der Waals surface area contributed by atoms with Crippen molar-refractivity contribution < 1.29 is 4.39 Å². The molecule has 2 heteroatoms. The Hall–Kier alpha value is -0.890. The van der Waals surface area contributed by atoms with Crippen LogP contribution in [0.2, 0.25) is 0 Å². The van der Waals surface area contributed by atoms with Crippen LogP contribution in [-0.2, 0) is 0 Å². The van der Waals surface area contributed by atoms with Gasteiger partial charge in [-0.1, -0.05) is 24.6 Å². The molecule has 1 aromatic rings. The van der Waals surface area contributed by atoms with E-state index in [1.165, 1.54) is 25.7 Å². The smallest absolute Gasteiger partial charge is 0.126 e. The summed E-state index contributed by atoms with van der Waals surface area (Å²) in [6.07, 6.45) is 5.47. The van der Waals surface area contributed by atoms with Gasteiger partial charge in [0.15, 0.2) is 0 Å². The molecule has 4 unspecified atom stereocenters. The first-order valence-corrected chi connectivity index (χ1v) is 7.18. The molecule has 0 spiro atoms. The lowest BCUT2D eigenvalue weighted by atomic mass is 9.76. The molecule has 98 valence electrons. The van der Waals surface area contributed by atoms with E-state index in [1.807, 2.05) is 19.2 Å². The largest absolute Gasteiger partial charge is 0.319 e. The first-order valence-electron chi connectivity index (χ1n) is 7.18. The summed E-state index contributed by atoms with van der Waals surface area (Å²) in [6, 6.07) is 7.33. The van der Waals surface area contributed by atoms with Crippen LogP contribution in [0, 0.1) is 23.6 Å². The van der Waals surface area contributed by atoms with E-state index in [1.54, 1.807) is 12.1 Å². The number of benzene rings is 1. The molecule has 1 nitrogen and oxygen atoms in total. The van der Waals surface area contributed by atoms with Crippen LogP contribution in [0.5, 0.6) is 0 Å². The molecule has 18 heavy (non-hydrogen) atoms. The lowest BCUT2D eigenvalue weighted by Crippen LogP contribution is -2.28. The third-order valence-electron chi connectivity index (χ3n) is 5.04. The highest BCUT2D eigenvalue weighted by Gasteiger charge is 2.43. The van der Waals surface area contributed by atoms with Crippen LogP contribution in [-0.4, -0.2) is 13.6 Å². The molecule has 0 saturated heterocycles. The second-order valence-corrected chi connectivity index (χ2v) is 6.02. The van der Waals surface area contributed by atoms with E-state index in [0.717, 1.165) is 23.9 Å². The van der Waals surface area contributed by atoms with E-state index in [4.69, 9.17) is 0 Å². The molecule has 2 saturated carbocycles. The summed E-state index contributed by atoms with van der Waals surface area (Å²) >= 11 is 0. The van der Waals surface area contributed by atoms with Gasteiger partial charge in [-0.3, -0.25) is 0 Å². The molecule has 2 bridgehead atoms. The molecule has 1 aromatic carbocycles. The molecule has 2 aliphatic rings. The van der Waals surface area contributed by atoms with Crippen molar-refractivity contribution in [3.8, 4) is 0 Å². The van der Waals surface area contributed by atoms with Crippen molar-refractivity contribution >= 4 is 0 Å². The zero-order valence-corrected chi connectivity index (χ0v) is 11.0. The lowest BCUT2D eigenvalue weighted by molar-refractivity contribution is 0.273. The van der Waals surface area contributed by atoms with Gasteiger partial charge in [-0.25, -0.2) is 4.39 Å². The van der Waals surface area contributed by atoms with Crippen molar-refractivity contribution in [2.75, 3.05) is 13.6 Å². The van der Waals surface area contributed by atoms with E-state index in [2.05, 4.69) is 5.32 Å². The molecule has 1 N–H and O–H groups in total. The van der Waals surface area contributed by atoms with Gasteiger partial charge in [-0.2, -0.15) is 0 Å². The summed E-state index contributed by atoms with van der Waals surface area (Å²) in [5.41, 5.74) is 0.921. The van der Waals surface area contributed by atoms with Crippen molar-refractivity contribution in [2.45, 2.75) is 31.6 Å². The standard InChI is InChI=1S/C16H22FN/c1-18-10-15(13-4-2-3-5-16(13)17)14-9-11-6-7-12(14)8-11/h2-5,11-12,14-15,18H,6-10H2,1H3. The van der Waals surface area contributed by atoms with E-state index in [9.17, 15) is 4.39 Å². The number of fused-ring (bicyclic) bond motifs is 2. The molecule has 0 aliphatic heterocycles. The Morgan fingerprint density at radius 2 is 2.11 bits per heavy atom. The second-order valence-electron chi connectivity index (χ2n) is 6.02. The Kier molecular flexibility index (Phi) is 3.38. The summed E-state index contributed by atoms with van der Waals surface area (Å²) in [7, 11) is 1.97. The fraction of sp³-hybridized carbons (Fsp3) is 0.625. The molecule has 0 amide bonds. The van der Waals surface area contributed by atoms with Crippen molar-refractivity contribution in [3.05, 3.63) is 35.6 Å². The molecule has 2 fully saturated rings. The third kappa shape index (κ3) is 2.07. The van der Waals surface area contributed by atoms with E-state index < -0.39 is 0 Å². The third-order valence-corrected chi connectivity index (χ3v) is 5.04. The normalized spacial score (nSPS) is 31.8. The second kappa shape index (κ2) is 5.00. The minimum atomic E-state index is -0.0273. The fourth-order valence-corrected chi connectivity index (χ4v) is 4.27. The highest BCUT2D eigenvalue weighted by molar-refractivity contribution is 5.24. The highest BCUT2D eigenvalue weighted by Crippen LogP contribution is 2.53. The van der Waals surface area contributed by atoms with Crippen LogP contribution in [0.4, 0.5) is 4.39 Å². The van der Waals surface area contributed by atoms with Gasteiger partial charge in [0.2, 0.25) is 0 Å². The van der Waals surface area contributed by atoms with Gasteiger partial charge in [0.1, 0.15) is 5.82 Å². The van der Waals surface area contributed by atoms with Crippen molar-refractivity contribution in [3.63, 3.8) is 0 Å². The van der Waals surface area contributed by atoms with Gasteiger partial charge >= 0.3 is 0 Å². The Labute approximate surface area is 109 Å². The predicted octanol–water partition coefficient (Wildman–Crippen LogP) is 3.56. The van der Waals surface area contributed by atoms with Gasteiger partial charge in [-0.05, 0) is 55.7 Å². The molecule has 4 atom stereocenters. The van der Waals surface area contributed by atoms with Crippen LogP contribution < -0.4 is 5.32 Å². The highest BCUT2D eigenvalue weighted by atomic mass is 19.1. The number of halogens is 1. The molecule has 0 aromatic heterocycles. The first kappa shape index (κ1) is 12.2. The summed E-state index contributed by atoms with van der Waals surface area (Å²) < 4.78 is 14.0. The van der Waals surface area contributed by atoms with Gasteiger partial charge in [0.05, 0.1) is 0 Å². The van der Waals surface area contributed by atoms with E-state index in [0.29, 0.717) is 11.8 Å². The molecule has 2 aliphatic carbocycles. The van der Waals surface area contributed by atoms with Gasteiger partial charge in [0.25, 0.3) is 0 Å². The number of nitrogens with one attached hydrogen (secondary N) is 1. The summed E-state index contributed by atoms with van der Waals surface area (Å²) in [4.78, 5) is 0. The Balaban J connectivity index is 1.86. The molecular formula is C16H22FN. The average Bonchev–Trinajstić information content (AvgIpc) is 2.99. The maximum Gasteiger partial charge on any atom is 0.126 e. The monoisotopic (exact) mass is 247 g/mol. The maximum atomic E-state index is 14.0. The molecular weight excluding hydrogens is 225 g/mol. The molecule has 0 radical (unpaired) electrons. The van der Waals surface area contributed by atoms with Crippen LogP contribution in [0.15, 0.2) is 24.3 Å². The zero-order valence-electron chi connectivity index (χ0n) is 11.0. The fourth-order valence-electron chi connectivity index (χ4n) is 4.27. The van der Waals surface area contributed by atoms with Crippen LogP contribution in [0.25, 0.3) is 0 Å². The van der Waals surface area contributed by atoms with E-state index in [-0.39, 0.29) is 5.82 Å². The molecule has 0 heterocycles.